The Hall–Kier alpha value is -2.41. The first-order valence-electron chi connectivity index (χ1n) is 9.81. The summed E-state index contributed by atoms with van der Waals surface area (Å²) in [4.78, 5) is 14.6. The summed E-state index contributed by atoms with van der Waals surface area (Å²) in [6, 6.07) is 14.5. The Balaban J connectivity index is 1.53. The number of nitrogens with one attached hydrogen (secondary N) is 1. The van der Waals surface area contributed by atoms with Crippen molar-refractivity contribution in [1.29, 1.82) is 0 Å². The molecule has 154 valence electrons. The van der Waals surface area contributed by atoms with Gasteiger partial charge in [0.25, 0.3) is 5.91 Å². The molecule has 7 heteroatoms. The van der Waals surface area contributed by atoms with E-state index < -0.39 is 0 Å². The molecule has 0 aromatic heterocycles. The third-order valence-corrected chi connectivity index (χ3v) is 4.92. The Morgan fingerprint density at radius 2 is 1.93 bits per heavy atom. The molecule has 2 aromatic rings. The molecule has 6 nitrogen and oxygen atoms in total. The molecule has 1 fully saturated rings. The van der Waals surface area contributed by atoms with Crippen LogP contribution in [0.2, 0.25) is 5.02 Å². The zero-order chi connectivity index (χ0) is 20.5. The third-order valence-electron chi connectivity index (χ3n) is 4.68. The van der Waals surface area contributed by atoms with E-state index in [0.29, 0.717) is 23.6 Å². The molecule has 0 aliphatic carbocycles. The Labute approximate surface area is 176 Å². The number of hydrogen-bond acceptors (Lipinski definition) is 5. The van der Waals surface area contributed by atoms with E-state index in [-0.39, 0.29) is 5.91 Å². The van der Waals surface area contributed by atoms with E-state index in [2.05, 4.69) is 15.4 Å². The highest BCUT2D eigenvalue weighted by molar-refractivity contribution is 6.30. The van der Waals surface area contributed by atoms with E-state index in [1.807, 2.05) is 31.2 Å². The number of carbonyl (C=O) groups excluding carboxylic acids is 1. The summed E-state index contributed by atoms with van der Waals surface area (Å²) in [5.41, 5.74) is 4.81. The highest BCUT2D eigenvalue weighted by Gasteiger charge is 2.10. The van der Waals surface area contributed by atoms with E-state index in [1.165, 1.54) is 0 Å². The summed E-state index contributed by atoms with van der Waals surface area (Å²) in [7, 11) is 0. The van der Waals surface area contributed by atoms with E-state index >= 15 is 0 Å². The lowest BCUT2D eigenvalue weighted by Gasteiger charge is -2.26. The Kier molecular flexibility index (Phi) is 8.04. The molecule has 0 unspecified atom stereocenters. The lowest BCUT2D eigenvalue weighted by molar-refractivity contribution is 0.0322. The van der Waals surface area contributed by atoms with Crippen LogP contribution < -0.4 is 10.2 Å². The first-order chi connectivity index (χ1) is 14.2. The number of ether oxygens (including phenoxy) is 2. The zero-order valence-electron chi connectivity index (χ0n) is 16.6. The summed E-state index contributed by atoms with van der Waals surface area (Å²) in [6.45, 7) is 7.03. The van der Waals surface area contributed by atoms with Crippen molar-refractivity contribution in [3.05, 3.63) is 64.7 Å². The minimum absolute atomic E-state index is 0.290. The van der Waals surface area contributed by atoms with Gasteiger partial charge in [0.2, 0.25) is 0 Å². The standard InChI is InChI=1S/C22H26ClN3O3/c1-2-21(24-25-22(27)18-4-3-5-19(23)16-18)17-6-8-20(9-7-17)29-15-12-26-10-13-28-14-11-26/h3-9,16H,2,10-15H2,1H3,(H,25,27)/b24-21+. The van der Waals surface area contributed by atoms with Crippen molar-refractivity contribution in [3.63, 3.8) is 0 Å². The van der Waals surface area contributed by atoms with Gasteiger partial charge in [0.05, 0.1) is 18.9 Å². The predicted molar refractivity (Wildman–Crippen MR) is 115 cm³/mol. The number of rotatable bonds is 8. The Morgan fingerprint density at radius 3 is 2.62 bits per heavy atom. The summed E-state index contributed by atoms with van der Waals surface area (Å²) in [5, 5.41) is 4.80. The fourth-order valence-electron chi connectivity index (χ4n) is 3.02. The maximum atomic E-state index is 12.2. The number of morpholine rings is 1. The van der Waals surface area contributed by atoms with Crippen LogP contribution in [0, 0.1) is 0 Å². The molecule has 0 spiro atoms. The molecule has 1 N–H and O–H groups in total. The zero-order valence-corrected chi connectivity index (χ0v) is 17.3. The van der Waals surface area contributed by atoms with E-state index in [9.17, 15) is 4.79 Å². The molecule has 0 saturated carbocycles. The maximum absolute atomic E-state index is 12.2. The van der Waals surface area contributed by atoms with Crippen LogP contribution in [0.25, 0.3) is 0 Å². The number of carbonyl (C=O) groups is 1. The number of nitrogens with zero attached hydrogens (tertiary/aromatic N) is 2. The highest BCUT2D eigenvalue weighted by atomic mass is 35.5. The minimum atomic E-state index is -0.290. The molecule has 1 amide bonds. The van der Waals surface area contributed by atoms with Crippen molar-refractivity contribution in [3.8, 4) is 5.75 Å². The second-order valence-corrected chi connectivity index (χ2v) is 7.13. The molecule has 1 aliphatic rings. The van der Waals surface area contributed by atoms with Crippen LogP contribution in [-0.2, 0) is 4.74 Å². The smallest absolute Gasteiger partial charge is 0.271 e. The van der Waals surface area contributed by atoms with Gasteiger partial charge in [-0.3, -0.25) is 9.69 Å². The van der Waals surface area contributed by atoms with Crippen LogP contribution in [0.4, 0.5) is 0 Å². The summed E-state index contributed by atoms with van der Waals surface area (Å²) < 4.78 is 11.2. The van der Waals surface area contributed by atoms with Gasteiger partial charge in [-0.15, -0.1) is 0 Å². The monoisotopic (exact) mass is 415 g/mol. The van der Waals surface area contributed by atoms with Crippen LogP contribution in [0.15, 0.2) is 53.6 Å². The minimum Gasteiger partial charge on any atom is -0.492 e. The Bertz CT molecular complexity index is 833. The van der Waals surface area contributed by atoms with Gasteiger partial charge in [-0.1, -0.05) is 24.6 Å². The van der Waals surface area contributed by atoms with Gasteiger partial charge < -0.3 is 9.47 Å². The maximum Gasteiger partial charge on any atom is 0.271 e. The molecule has 0 atom stereocenters. The van der Waals surface area contributed by atoms with Gasteiger partial charge >= 0.3 is 0 Å². The predicted octanol–water partition coefficient (Wildman–Crippen LogP) is 3.60. The first-order valence-corrected chi connectivity index (χ1v) is 10.2. The lowest BCUT2D eigenvalue weighted by atomic mass is 10.1. The molecule has 29 heavy (non-hydrogen) atoms. The van der Waals surface area contributed by atoms with Crippen molar-refractivity contribution in [2.75, 3.05) is 39.5 Å². The first kappa shape index (κ1) is 21.3. The van der Waals surface area contributed by atoms with Crippen LogP contribution >= 0.6 is 11.6 Å². The fraction of sp³-hybridized carbons (Fsp3) is 0.364. The molecular formula is C22H26ClN3O3. The van der Waals surface area contributed by atoms with Crippen molar-refractivity contribution >= 4 is 23.2 Å². The second kappa shape index (κ2) is 11.0. The molecule has 2 aromatic carbocycles. The summed E-state index contributed by atoms with van der Waals surface area (Å²) >= 11 is 5.93. The number of hydrogen-bond donors (Lipinski definition) is 1. The van der Waals surface area contributed by atoms with Gasteiger partial charge in [0.15, 0.2) is 0 Å². The SMILES string of the molecule is CC/C(=N\NC(=O)c1cccc(Cl)c1)c1ccc(OCCN2CCOCC2)cc1. The topological polar surface area (TPSA) is 63.2 Å². The van der Waals surface area contributed by atoms with Gasteiger partial charge in [-0.2, -0.15) is 5.10 Å². The molecular weight excluding hydrogens is 390 g/mol. The van der Waals surface area contributed by atoms with Crippen molar-refractivity contribution in [2.24, 2.45) is 5.10 Å². The molecule has 1 aliphatic heterocycles. The average molecular weight is 416 g/mol. The number of benzene rings is 2. The molecule has 0 radical (unpaired) electrons. The van der Waals surface area contributed by atoms with Crippen LogP contribution in [-0.4, -0.2) is 56.0 Å². The van der Waals surface area contributed by atoms with Crippen molar-refractivity contribution in [1.82, 2.24) is 10.3 Å². The summed E-state index contributed by atoms with van der Waals surface area (Å²) in [6.07, 6.45) is 0.688. The van der Waals surface area contributed by atoms with Gasteiger partial charge in [-0.25, -0.2) is 5.43 Å². The quantitative estimate of drug-likeness (QED) is 0.528. The van der Waals surface area contributed by atoms with Crippen LogP contribution in [0.5, 0.6) is 5.75 Å². The number of halogens is 1. The molecule has 3 rings (SSSR count). The largest absolute Gasteiger partial charge is 0.492 e. The highest BCUT2D eigenvalue weighted by Crippen LogP contribution is 2.15. The van der Waals surface area contributed by atoms with Gasteiger partial charge in [-0.05, 0) is 54.4 Å². The Morgan fingerprint density at radius 1 is 1.17 bits per heavy atom. The van der Waals surface area contributed by atoms with Crippen molar-refractivity contribution < 1.29 is 14.3 Å². The van der Waals surface area contributed by atoms with Gasteiger partial charge in [0.1, 0.15) is 12.4 Å². The van der Waals surface area contributed by atoms with Crippen molar-refractivity contribution in [2.45, 2.75) is 13.3 Å². The fourth-order valence-corrected chi connectivity index (χ4v) is 3.21. The second-order valence-electron chi connectivity index (χ2n) is 6.69. The summed E-state index contributed by atoms with van der Waals surface area (Å²) in [5.74, 6) is 0.530. The lowest BCUT2D eigenvalue weighted by Crippen LogP contribution is -2.38. The van der Waals surface area contributed by atoms with Gasteiger partial charge in [0, 0.05) is 30.2 Å². The van der Waals surface area contributed by atoms with E-state index in [1.54, 1.807) is 24.3 Å². The molecule has 1 saturated heterocycles. The van der Waals surface area contributed by atoms with Crippen LogP contribution in [0.3, 0.4) is 0 Å². The average Bonchev–Trinajstić information content (AvgIpc) is 2.76. The molecule has 1 heterocycles. The van der Waals surface area contributed by atoms with E-state index in [4.69, 9.17) is 21.1 Å². The molecule has 0 bridgehead atoms. The third kappa shape index (κ3) is 6.56. The number of hydrazone groups is 1. The normalized spacial score (nSPS) is 15.2. The van der Waals surface area contributed by atoms with Crippen LogP contribution in [0.1, 0.15) is 29.3 Å². The number of amides is 1. The van der Waals surface area contributed by atoms with E-state index in [0.717, 1.165) is 49.9 Å².